The third kappa shape index (κ3) is 2.91. The summed E-state index contributed by atoms with van der Waals surface area (Å²) in [5, 5.41) is 9.88. The molecule has 17 heavy (non-hydrogen) atoms. The van der Waals surface area contributed by atoms with Gasteiger partial charge in [0.1, 0.15) is 0 Å². The average Bonchev–Trinajstić information content (AvgIpc) is 2.74. The molecule has 0 spiro atoms. The van der Waals surface area contributed by atoms with Crippen LogP contribution in [0.15, 0.2) is 11.6 Å². The van der Waals surface area contributed by atoms with Gasteiger partial charge in [0.2, 0.25) is 5.91 Å². The van der Waals surface area contributed by atoms with Crippen molar-refractivity contribution in [3.63, 3.8) is 0 Å². The fourth-order valence-electron chi connectivity index (χ4n) is 1.57. The van der Waals surface area contributed by atoms with E-state index < -0.39 is 0 Å². The van der Waals surface area contributed by atoms with Gasteiger partial charge < -0.3 is 5.32 Å². The zero-order chi connectivity index (χ0) is 12.4. The molecule has 0 fully saturated rings. The Balaban J connectivity index is 2.00. The minimum Gasteiger partial charge on any atom is -0.323 e. The van der Waals surface area contributed by atoms with Crippen LogP contribution in [-0.2, 0) is 18.3 Å². The molecule has 90 valence electrons. The van der Waals surface area contributed by atoms with Crippen LogP contribution in [0.2, 0.25) is 0 Å². The Bertz CT molecular complexity index is 543. The van der Waals surface area contributed by atoms with Gasteiger partial charge in [0.15, 0.2) is 0 Å². The van der Waals surface area contributed by atoms with E-state index in [2.05, 4.69) is 15.4 Å². The van der Waals surface area contributed by atoms with Crippen molar-refractivity contribution in [1.29, 1.82) is 0 Å². The summed E-state index contributed by atoms with van der Waals surface area (Å²) >= 11 is 1.55. The molecule has 0 aromatic carbocycles. The Labute approximate surface area is 103 Å². The number of carbonyl (C=O) groups excluding carboxylic acids is 1. The van der Waals surface area contributed by atoms with Crippen LogP contribution in [0.25, 0.3) is 0 Å². The molecule has 2 aromatic rings. The zero-order valence-corrected chi connectivity index (χ0v) is 10.8. The van der Waals surface area contributed by atoms with Crippen LogP contribution < -0.4 is 5.32 Å². The second-order valence-electron chi connectivity index (χ2n) is 3.88. The normalized spacial score (nSPS) is 10.5. The first-order valence-corrected chi connectivity index (χ1v) is 6.13. The largest absolute Gasteiger partial charge is 0.323 e. The van der Waals surface area contributed by atoms with Crippen LogP contribution in [0.1, 0.15) is 16.4 Å². The standard InChI is InChI=1S/C11H14N4OS/c1-7-10(5-15(3)14-7)13-11(16)4-9-6-17-8(2)12-9/h5-6H,4H2,1-3H3,(H,13,16). The van der Waals surface area contributed by atoms with Gasteiger partial charge in [-0.05, 0) is 13.8 Å². The molecular weight excluding hydrogens is 236 g/mol. The van der Waals surface area contributed by atoms with E-state index in [9.17, 15) is 4.79 Å². The Morgan fingerprint density at radius 1 is 1.53 bits per heavy atom. The maximum Gasteiger partial charge on any atom is 0.230 e. The van der Waals surface area contributed by atoms with Crippen LogP contribution >= 0.6 is 11.3 Å². The number of hydrogen-bond acceptors (Lipinski definition) is 4. The molecule has 6 heteroatoms. The lowest BCUT2D eigenvalue weighted by molar-refractivity contribution is -0.115. The van der Waals surface area contributed by atoms with Crippen LogP contribution in [0.3, 0.4) is 0 Å². The van der Waals surface area contributed by atoms with Gasteiger partial charge in [0.25, 0.3) is 0 Å². The summed E-state index contributed by atoms with van der Waals surface area (Å²) in [5.74, 6) is -0.0635. The first-order chi connectivity index (χ1) is 8.04. The summed E-state index contributed by atoms with van der Waals surface area (Å²) in [6.45, 7) is 3.79. The summed E-state index contributed by atoms with van der Waals surface area (Å²) in [6, 6.07) is 0. The van der Waals surface area contributed by atoms with Crippen LogP contribution in [0.5, 0.6) is 0 Å². The fraction of sp³-hybridized carbons (Fsp3) is 0.364. The van der Waals surface area contributed by atoms with Gasteiger partial charge in [-0.15, -0.1) is 11.3 Å². The first kappa shape index (κ1) is 11.8. The maximum absolute atomic E-state index is 11.8. The number of rotatable bonds is 3. The third-order valence-electron chi connectivity index (χ3n) is 2.30. The number of aromatic nitrogens is 3. The molecule has 1 amide bonds. The maximum atomic E-state index is 11.8. The average molecular weight is 250 g/mol. The third-order valence-corrected chi connectivity index (χ3v) is 3.12. The molecule has 0 unspecified atom stereocenters. The minimum atomic E-state index is -0.0635. The van der Waals surface area contributed by atoms with Gasteiger partial charge in [-0.1, -0.05) is 0 Å². The molecule has 0 aliphatic carbocycles. The quantitative estimate of drug-likeness (QED) is 0.901. The summed E-state index contributed by atoms with van der Waals surface area (Å²) < 4.78 is 1.68. The summed E-state index contributed by atoms with van der Waals surface area (Å²) in [5.41, 5.74) is 2.38. The molecule has 2 heterocycles. The predicted molar refractivity (Wildman–Crippen MR) is 67.1 cm³/mol. The van der Waals surface area contributed by atoms with E-state index in [0.29, 0.717) is 6.42 Å². The predicted octanol–water partition coefficient (Wildman–Crippen LogP) is 1.67. The molecule has 0 atom stereocenters. The van der Waals surface area contributed by atoms with Gasteiger partial charge in [-0.3, -0.25) is 9.48 Å². The lowest BCUT2D eigenvalue weighted by Crippen LogP contribution is -2.14. The minimum absolute atomic E-state index is 0.0635. The number of amides is 1. The number of aryl methyl sites for hydroxylation is 3. The summed E-state index contributed by atoms with van der Waals surface area (Å²) in [6.07, 6.45) is 2.10. The van der Waals surface area contributed by atoms with E-state index in [1.807, 2.05) is 26.3 Å². The van der Waals surface area contributed by atoms with E-state index in [1.54, 1.807) is 22.2 Å². The van der Waals surface area contributed by atoms with Gasteiger partial charge in [0, 0.05) is 18.6 Å². The number of carbonyl (C=O) groups is 1. The van der Waals surface area contributed by atoms with Gasteiger partial charge >= 0.3 is 0 Å². The molecule has 0 aliphatic heterocycles. The molecule has 0 saturated carbocycles. The van der Waals surface area contributed by atoms with Gasteiger partial charge in [-0.25, -0.2) is 4.98 Å². The summed E-state index contributed by atoms with van der Waals surface area (Å²) in [7, 11) is 1.83. The van der Waals surface area contributed by atoms with Gasteiger partial charge in [0.05, 0.1) is 28.5 Å². The van der Waals surface area contributed by atoms with Crippen molar-refractivity contribution < 1.29 is 4.79 Å². The van der Waals surface area contributed by atoms with Crippen LogP contribution in [0.4, 0.5) is 5.69 Å². The lowest BCUT2D eigenvalue weighted by atomic mass is 10.3. The van der Waals surface area contributed by atoms with Crippen LogP contribution in [-0.4, -0.2) is 20.7 Å². The van der Waals surface area contributed by atoms with Crippen molar-refractivity contribution in [3.8, 4) is 0 Å². The fourth-order valence-corrected chi connectivity index (χ4v) is 2.18. The van der Waals surface area contributed by atoms with Crippen molar-refractivity contribution in [2.24, 2.45) is 7.05 Å². The molecular formula is C11H14N4OS. The smallest absolute Gasteiger partial charge is 0.230 e. The Kier molecular flexibility index (Phi) is 3.23. The molecule has 5 nitrogen and oxygen atoms in total. The number of hydrogen-bond donors (Lipinski definition) is 1. The molecule has 1 N–H and O–H groups in total. The number of nitrogens with one attached hydrogen (secondary N) is 1. The van der Waals surface area contributed by atoms with Crippen molar-refractivity contribution in [2.45, 2.75) is 20.3 Å². The molecule has 0 radical (unpaired) electrons. The highest BCUT2D eigenvalue weighted by Gasteiger charge is 2.09. The zero-order valence-electron chi connectivity index (χ0n) is 10.0. The lowest BCUT2D eigenvalue weighted by Gasteiger charge is -2.01. The van der Waals surface area contributed by atoms with Crippen molar-refractivity contribution in [2.75, 3.05) is 5.32 Å². The SMILES string of the molecule is Cc1nc(CC(=O)Nc2cn(C)nc2C)cs1. The highest BCUT2D eigenvalue weighted by molar-refractivity contribution is 7.09. The van der Waals surface area contributed by atoms with E-state index in [0.717, 1.165) is 22.1 Å². The second-order valence-corrected chi connectivity index (χ2v) is 4.95. The number of anilines is 1. The highest BCUT2D eigenvalue weighted by Crippen LogP contribution is 2.13. The molecule has 0 aliphatic rings. The molecule has 0 saturated heterocycles. The van der Waals surface area contributed by atoms with Gasteiger partial charge in [-0.2, -0.15) is 5.10 Å². The highest BCUT2D eigenvalue weighted by atomic mass is 32.1. The summed E-state index contributed by atoms with van der Waals surface area (Å²) in [4.78, 5) is 16.0. The Morgan fingerprint density at radius 3 is 2.82 bits per heavy atom. The Morgan fingerprint density at radius 2 is 2.29 bits per heavy atom. The Hall–Kier alpha value is -1.69. The first-order valence-electron chi connectivity index (χ1n) is 5.25. The number of thiazole rings is 1. The van der Waals surface area contributed by atoms with E-state index in [1.165, 1.54) is 0 Å². The van der Waals surface area contributed by atoms with Crippen molar-refractivity contribution >= 4 is 22.9 Å². The molecule has 2 rings (SSSR count). The van der Waals surface area contributed by atoms with E-state index in [4.69, 9.17) is 0 Å². The molecule has 0 bridgehead atoms. The van der Waals surface area contributed by atoms with Crippen molar-refractivity contribution in [3.05, 3.63) is 28.0 Å². The van der Waals surface area contributed by atoms with E-state index in [-0.39, 0.29) is 5.91 Å². The second kappa shape index (κ2) is 4.67. The monoisotopic (exact) mass is 250 g/mol. The van der Waals surface area contributed by atoms with Crippen molar-refractivity contribution in [1.82, 2.24) is 14.8 Å². The number of nitrogens with zero attached hydrogens (tertiary/aromatic N) is 3. The molecule has 2 aromatic heterocycles. The topological polar surface area (TPSA) is 59.8 Å². The van der Waals surface area contributed by atoms with E-state index >= 15 is 0 Å². The van der Waals surface area contributed by atoms with Crippen LogP contribution in [0, 0.1) is 13.8 Å².